The van der Waals surface area contributed by atoms with Crippen molar-refractivity contribution in [2.24, 2.45) is 17.3 Å². The zero-order valence-electron chi connectivity index (χ0n) is 7.98. The fraction of sp³-hybridized carbons (Fsp3) is 0.909. The molecule has 0 aromatic heterocycles. The molecule has 0 amide bonds. The maximum Gasteiger partial charge on any atom is 0.139 e. The lowest BCUT2D eigenvalue weighted by Gasteiger charge is -2.58. The van der Waals surface area contributed by atoms with Crippen molar-refractivity contribution in [2.45, 2.75) is 43.4 Å². The molecular weight excluding hydrogens is 228 g/mol. The molecule has 0 aliphatic heterocycles. The second kappa shape index (κ2) is 2.21. The van der Waals surface area contributed by atoms with Crippen LogP contribution in [-0.4, -0.2) is 10.1 Å². The average Bonchev–Trinajstić information content (AvgIpc) is 1.94. The summed E-state index contributed by atoms with van der Waals surface area (Å²) in [6.07, 6.45) is 5.83. The lowest BCUT2D eigenvalue weighted by atomic mass is 9.50. The van der Waals surface area contributed by atoms with Crippen LogP contribution in [-0.2, 0) is 4.79 Å². The number of alkyl halides is 1. The van der Waals surface area contributed by atoms with E-state index in [1.165, 1.54) is 6.42 Å². The maximum atomic E-state index is 11.8. The molecule has 2 unspecified atom stereocenters. The molecule has 4 bridgehead atoms. The van der Waals surface area contributed by atoms with Crippen LogP contribution in [0.25, 0.3) is 0 Å². The summed E-state index contributed by atoms with van der Waals surface area (Å²) in [7, 11) is 0. The van der Waals surface area contributed by atoms with Crippen molar-refractivity contribution in [3.8, 4) is 0 Å². The van der Waals surface area contributed by atoms with E-state index in [1.807, 2.05) is 0 Å². The zero-order valence-corrected chi connectivity index (χ0v) is 9.56. The molecule has 4 rings (SSSR count). The Kier molecular flexibility index (Phi) is 1.44. The third kappa shape index (κ3) is 1.07. The average molecular weight is 243 g/mol. The van der Waals surface area contributed by atoms with Crippen LogP contribution in [0.3, 0.4) is 0 Å². The minimum atomic E-state index is 0.335. The first-order valence-corrected chi connectivity index (χ1v) is 6.02. The van der Waals surface area contributed by atoms with Crippen molar-refractivity contribution in [3.05, 3.63) is 0 Å². The molecule has 0 aromatic carbocycles. The van der Waals surface area contributed by atoms with Gasteiger partial charge in [-0.1, -0.05) is 22.9 Å². The molecule has 1 nitrogen and oxygen atoms in total. The molecule has 4 fully saturated rings. The van der Waals surface area contributed by atoms with Crippen LogP contribution < -0.4 is 0 Å². The minimum Gasteiger partial charge on any atom is -0.299 e. The van der Waals surface area contributed by atoms with Gasteiger partial charge in [-0.05, 0) is 37.5 Å². The van der Waals surface area contributed by atoms with Gasteiger partial charge in [0.25, 0.3) is 0 Å². The van der Waals surface area contributed by atoms with Gasteiger partial charge in [0.15, 0.2) is 0 Å². The van der Waals surface area contributed by atoms with Gasteiger partial charge in [-0.15, -0.1) is 0 Å². The van der Waals surface area contributed by atoms with E-state index in [-0.39, 0.29) is 0 Å². The van der Waals surface area contributed by atoms with Gasteiger partial charge in [0.05, 0.1) is 0 Å². The molecule has 4 saturated carbocycles. The predicted molar refractivity (Wildman–Crippen MR) is 54.8 cm³/mol. The summed E-state index contributed by atoms with van der Waals surface area (Å²) in [4.78, 5) is 11.8. The summed E-state index contributed by atoms with van der Waals surface area (Å²) in [6.45, 7) is 2.37. The SMILES string of the molecule is CC12CC3CC(Br)(CC(C1)C3=O)C2. The highest BCUT2D eigenvalue weighted by atomic mass is 79.9. The van der Waals surface area contributed by atoms with Gasteiger partial charge in [0, 0.05) is 16.2 Å². The smallest absolute Gasteiger partial charge is 0.139 e. The first-order valence-electron chi connectivity index (χ1n) is 5.22. The monoisotopic (exact) mass is 242 g/mol. The molecule has 4 aliphatic carbocycles. The molecule has 0 N–H and O–H groups in total. The second-order valence-corrected chi connectivity index (χ2v) is 7.43. The Labute approximate surface area is 87.4 Å². The molecule has 13 heavy (non-hydrogen) atoms. The lowest BCUT2D eigenvalue weighted by Crippen LogP contribution is -2.56. The molecule has 2 atom stereocenters. The lowest BCUT2D eigenvalue weighted by molar-refractivity contribution is -0.143. The van der Waals surface area contributed by atoms with E-state index in [2.05, 4.69) is 22.9 Å². The van der Waals surface area contributed by atoms with Gasteiger partial charge in [-0.25, -0.2) is 0 Å². The number of hydrogen-bond acceptors (Lipinski definition) is 1. The summed E-state index contributed by atoms with van der Waals surface area (Å²) < 4.78 is 0.335. The molecule has 4 aliphatic rings. The second-order valence-electron chi connectivity index (χ2n) is 5.75. The Bertz CT molecular complexity index is 246. The Hall–Kier alpha value is 0.150. The number of rotatable bonds is 0. The molecule has 2 heteroatoms. The molecule has 0 saturated heterocycles. The van der Waals surface area contributed by atoms with E-state index in [9.17, 15) is 4.79 Å². The molecule has 0 radical (unpaired) electrons. The number of Topliss-reactive ketones (excluding diaryl/α,β-unsaturated/α-hetero) is 1. The first-order chi connectivity index (χ1) is 6.00. The van der Waals surface area contributed by atoms with Crippen LogP contribution in [0.2, 0.25) is 0 Å². The number of halogens is 1. The zero-order chi connectivity index (χ0) is 9.27. The van der Waals surface area contributed by atoms with Crippen molar-refractivity contribution in [3.63, 3.8) is 0 Å². The standard InChI is InChI=1S/C11H15BrO/c1-10-2-7-4-11(12,6-10)5-8(3-10)9(7)13/h7-8H,2-6H2,1H3. The summed E-state index contributed by atoms with van der Waals surface area (Å²) in [5, 5.41) is 0. The Morgan fingerprint density at radius 2 is 1.77 bits per heavy atom. The number of carbonyl (C=O) groups excluding carboxylic acids is 1. The first kappa shape index (κ1) is 8.46. The van der Waals surface area contributed by atoms with Gasteiger partial charge in [-0.2, -0.15) is 0 Å². The summed E-state index contributed by atoms with van der Waals surface area (Å²) >= 11 is 3.87. The molecule has 72 valence electrons. The van der Waals surface area contributed by atoms with Crippen molar-refractivity contribution in [1.82, 2.24) is 0 Å². The van der Waals surface area contributed by atoms with Crippen molar-refractivity contribution < 1.29 is 4.79 Å². The van der Waals surface area contributed by atoms with Crippen molar-refractivity contribution >= 4 is 21.7 Å². The van der Waals surface area contributed by atoms with E-state index in [1.54, 1.807) is 0 Å². The van der Waals surface area contributed by atoms with Crippen LogP contribution >= 0.6 is 15.9 Å². The summed E-state index contributed by atoms with van der Waals surface area (Å²) in [5.74, 6) is 1.36. The number of hydrogen-bond donors (Lipinski definition) is 0. The van der Waals surface area contributed by atoms with E-state index in [4.69, 9.17) is 0 Å². The van der Waals surface area contributed by atoms with Crippen LogP contribution in [0.1, 0.15) is 39.0 Å². The van der Waals surface area contributed by atoms with Gasteiger partial charge >= 0.3 is 0 Å². The molecule has 0 heterocycles. The highest BCUT2D eigenvalue weighted by Gasteiger charge is 2.58. The van der Waals surface area contributed by atoms with Crippen LogP contribution in [0.5, 0.6) is 0 Å². The van der Waals surface area contributed by atoms with Crippen LogP contribution in [0, 0.1) is 17.3 Å². The molecule has 0 aromatic rings. The highest BCUT2D eigenvalue weighted by Crippen LogP contribution is 2.62. The van der Waals surface area contributed by atoms with E-state index in [0.29, 0.717) is 27.4 Å². The fourth-order valence-corrected chi connectivity index (χ4v) is 5.63. The number of carbonyl (C=O) groups is 1. The largest absolute Gasteiger partial charge is 0.299 e. The van der Waals surface area contributed by atoms with E-state index in [0.717, 1.165) is 25.7 Å². The fourth-order valence-electron chi connectivity index (χ4n) is 4.17. The topological polar surface area (TPSA) is 17.1 Å². The van der Waals surface area contributed by atoms with Gasteiger partial charge in [0.1, 0.15) is 5.78 Å². The van der Waals surface area contributed by atoms with Crippen LogP contribution in [0.4, 0.5) is 0 Å². The summed E-state index contributed by atoms with van der Waals surface area (Å²) in [5.41, 5.74) is 0.475. The summed E-state index contributed by atoms with van der Waals surface area (Å²) in [6, 6.07) is 0. The third-order valence-electron chi connectivity index (χ3n) is 4.25. The minimum absolute atomic E-state index is 0.335. The van der Waals surface area contributed by atoms with Crippen molar-refractivity contribution in [1.29, 1.82) is 0 Å². The Balaban J connectivity index is 2.04. The van der Waals surface area contributed by atoms with E-state index < -0.39 is 0 Å². The third-order valence-corrected chi connectivity index (χ3v) is 5.18. The highest BCUT2D eigenvalue weighted by molar-refractivity contribution is 9.10. The Morgan fingerprint density at radius 1 is 1.23 bits per heavy atom. The maximum absolute atomic E-state index is 11.8. The van der Waals surface area contributed by atoms with E-state index >= 15 is 0 Å². The van der Waals surface area contributed by atoms with Gasteiger partial charge < -0.3 is 0 Å². The molecule has 0 spiro atoms. The predicted octanol–water partition coefficient (Wildman–Crippen LogP) is 2.92. The van der Waals surface area contributed by atoms with Crippen LogP contribution in [0.15, 0.2) is 0 Å². The number of ketones is 1. The normalized spacial score (nSPS) is 58.8. The van der Waals surface area contributed by atoms with Gasteiger partial charge in [-0.3, -0.25) is 4.79 Å². The Morgan fingerprint density at radius 3 is 2.23 bits per heavy atom. The quantitative estimate of drug-likeness (QED) is 0.598. The molecular formula is C11H15BrO. The van der Waals surface area contributed by atoms with Gasteiger partial charge in [0.2, 0.25) is 0 Å². The van der Waals surface area contributed by atoms with Crippen molar-refractivity contribution in [2.75, 3.05) is 0 Å².